The fraction of sp³-hybridized carbons (Fsp3) is 0.875. The van der Waals surface area contributed by atoms with Crippen molar-refractivity contribution < 1.29 is 19.1 Å². The van der Waals surface area contributed by atoms with E-state index in [1.807, 2.05) is 25.7 Å². The molecule has 0 aliphatic carbocycles. The number of amides is 2. The Morgan fingerprint density at radius 2 is 1.55 bits per heavy atom. The molecular formula is C16H26N2O4. The average Bonchev–Trinajstić information content (AvgIpc) is 2.60. The van der Waals surface area contributed by atoms with Gasteiger partial charge in [-0.3, -0.25) is 0 Å². The molecule has 2 bridgehead atoms. The van der Waals surface area contributed by atoms with Crippen LogP contribution in [0.2, 0.25) is 0 Å². The SMILES string of the molecule is CC(C)(C)OC(=O)N1CC(OC(=O)N2C3CCCC2CC3)C1. The molecule has 3 aliphatic rings. The van der Waals surface area contributed by atoms with Gasteiger partial charge >= 0.3 is 12.2 Å². The van der Waals surface area contributed by atoms with Crippen molar-refractivity contribution in [1.82, 2.24) is 9.80 Å². The van der Waals surface area contributed by atoms with Crippen molar-refractivity contribution in [1.29, 1.82) is 0 Å². The number of hydrogen-bond donors (Lipinski definition) is 0. The first-order valence-corrected chi connectivity index (χ1v) is 8.30. The third kappa shape index (κ3) is 3.15. The molecule has 0 saturated carbocycles. The minimum absolute atomic E-state index is 0.193. The summed E-state index contributed by atoms with van der Waals surface area (Å²) < 4.78 is 10.8. The standard InChI is InChI=1S/C16H26N2O4/c1-16(2,3)22-14(19)17-9-13(10-17)21-15(20)18-11-5-4-6-12(18)8-7-11/h11-13H,4-10H2,1-3H3. The molecule has 6 nitrogen and oxygen atoms in total. The van der Waals surface area contributed by atoms with Crippen molar-refractivity contribution in [2.75, 3.05) is 13.1 Å². The second-order valence-electron chi connectivity index (χ2n) is 7.61. The zero-order valence-electron chi connectivity index (χ0n) is 13.7. The van der Waals surface area contributed by atoms with Crippen LogP contribution in [-0.2, 0) is 9.47 Å². The second kappa shape index (κ2) is 5.63. The summed E-state index contributed by atoms with van der Waals surface area (Å²) in [6, 6.07) is 0.738. The molecule has 0 radical (unpaired) electrons. The van der Waals surface area contributed by atoms with E-state index in [2.05, 4.69) is 0 Å². The molecule has 3 saturated heterocycles. The van der Waals surface area contributed by atoms with Crippen LogP contribution in [-0.4, -0.2) is 58.9 Å². The van der Waals surface area contributed by atoms with Gasteiger partial charge in [0.1, 0.15) is 11.7 Å². The van der Waals surface area contributed by atoms with E-state index < -0.39 is 5.60 Å². The van der Waals surface area contributed by atoms with Gasteiger partial charge in [0.2, 0.25) is 0 Å². The van der Waals surface area contributed by atoms with E-state index >= 15 is 0 Å². The zero-order valence-corrected chi connectivity index (χ0v) is 13.7. The largest absolute Gasteiger partial charge is 0.444 e. The highest BCUT2D eigenvalue weighted by Gasteiger charge is 2.43. The maximum absolute atomic E-state index is 12.3. The fourth-order valence-electron chi connectivity index (χ4n) is 3.61. The normalized spacial score (nSPS) is 28.3. The van der Waals surface area contributed by atoms with Gasteiger partial charge in [0.05, 0.1) is 13.1 Å². The Hall–Kier alpha value is -1.46. The lowest BCUT2D eigenvalue weighted by Gasteiger charge is -2.41. The summed E-state index contributed by atoms with van der Waals surface area (Å²) >= 11 is 0. The lowest BCUT2D eigenvalue weighted by Crippen LogP contribution is -2.58. The van der Waals surface area contributed by atoms with Crippen molar-refractivity contribution in [3.63, 3.8) is 0 Å². The van der Waals surface area contributed by atoms with Crippen molar-refractivity contribution in [3.05, 3.63) is 0 Å². The molecule has 0 spiro atoms. The maximum atomic E-state index is 12.3. The van der Waals surface area contributed by atoms with E-state index in [1.165, 1.54) is 6.42 Å². The van der Waals surface area contributed by atoms with Gasteiger partial charge in [0.25, 0.3) is 0 Å². The highest BCUT2D eigenvalue weighted by Crippen LogP contribution is 2.36. The van der Waals surface area contributed by atoms with Gasteiger partial charge in [0, 0.05) is 12.1 Å². The topological polar surface area (TPSA) is 59.1 Å². The van der Waals surface area contributed by atoms with Crippen LogP contribution in [0.25, 0.3) is 0 Å². The molecule has 3 aliphatic heterocycles. The van der Waals surface area contributed by atoms with E-state index in [0.29, 0.717) is 25.2 Å². The van der Waals surface area contributed by atoms with Crippen LogP contribution in [0.15, 0.2) is 0 Å². The Morgan fingerprint density at radius 1 is 0.955 bits per heavy atom. The van der Waals surface area contributed by atoms with E-state index in [4.69, 9.17) is 9.47 Å². The average molecular weight is 310 g/mol. The van der Waals surface area contributed by atoms with Gasteiger partial charge < -0.3 is 19.3 Å². The number of likely N-dealkylation sites (tertiary alicyclic amines) is 1. The molecule has 124 valence electrons. The quantitative estimate of drug-likeness (QED) is 0.747. The predicted molar refractivity (Wildman–Crippen MR) is 80.6 cm³/mol. The number of hydrogen-bond acceptors (Lipinski definition) is 4. The maximum Gasteiger partial charge on any atom is 0.410 e. The molecule has 6 heteroatoms. The van der Waals surface area contributed by atoms with Crippen molar-refractivity contribution >= 4 is 12.2 Å². The van der Waals surface area contributed by atoms with Crippen LogP contribution in [0.5, 0.6) is 0 Å². The van der Waals surface area contributed by atoms with Crippen molar-refractivity contribution in [2.45, 2.75) is 76.7 Å². The van der Waals surface area contributed by atoms with Gasteiger partial charge in [-0.2, -0.15) is 0 Å². The minimum atomic E-state index is -0.494. The first kappa shape index (κ1) is 15.4. The number of fused-ring (bicyclic) bond motifs is 2. The third-order valence-electron chi connectivity index (χ3n) is 4.67. The zero-order chi connectivity index (χ0) is 15.9. The summed E-state index contributed by atoms with van der Waals surface area (Å²) in [6.45, 7) is 6.39. The molecule has 3 fully saturated rings. The highest BCUT2D eigenvalue weighted by molar-refractivity contribution is 5.71. The molecule has 0 aromatic carbocycles. The Balaban J connectivity index is 1.44. The second-order valence-corrected chi connectivity index (χ2v) is 7.61. The Kier molecular flexibility index (Phi) is 3.95. The number of rotatable bonds is 1. The number of carbonyl (C=O) groups excluding carboxylic acids is 2. The molecule has 0 N–H and O–H groups in total. The molecule has 22 heavy (non-hydrogen) atoms. The van der Waals surface area contributed by atoms with Crippen LogP contribution < -0.4 is 0 Å². The highest BCUT2D eigenvalue weighted by atomic mass is 16.6. The van der Waals surface area contributed by atoms with E-state index in [0.717, 1.165) is 25.7 Å². The van der Waals surface area contributed by atoms with Crippen molar-refractivity contribution in [2.24, 2.45) is 0 Å². The molecule has 0 aromatic rings. The monoisotopic (exact) mass is 310 g/mol. The van der Waals surface area contributed by atoms with E-state index in [1.54, 1.807) is 4.90 Å². The van der Waals surface area contributed by atoms with Crippen LogP contribution >= 0.6 is 0 Å². The summed E-state index contributed by atoms with van der Waals surface area (Å²) in [4.78, 5) is 27.7. The summed E-state index contributed by atoms with van der Waals surface area (Å²) in [6.07, 6.45) is 4.90. The van der Waals surface area contributed by atoms with E-state index in [9.17, 15) is 9.59 Å². The van der Waals surface area contributed by atoms with Crippen LogP contribution in [0, 0.1) is 0 Å². The Morgan fingerprint density at radius 3 is 2.09 bits per heavy atom. The van der Waals surface area contributed by atoms with Crippen LogP contribution in [0.3, 0.4) is 0 Å². The van der Waals surface area contributed by atoms with Gasteiger partial charge in [-0.1, -0.05) is 0 Å². The number of carbonyl (C=O) groups is 2. The first-order valence-electron chi connectivity index (χ1n) is 8.30. The summed E-state index contributed by atoms with van der Waals surface area (Å²) in [5.74, 6) is 0. The van der Waals surface area contributed by atoms with E-state index in [-0.39, 0.29) is 18.3 Å². The Labute approximate surface area is 131 Å². The summed E-state index contributed by atoms with van der Waals surface area (Å²) in [5, 5.41) is 0. The minimum Gasteiger partial charge on any atom is -0.444 e. The van der Waals surface area contributed by atoms with Crippen molar-refractivity contribution in [3.8, 4) is 0 Å². The molecule has 3 heterocycles. The molecular weight excluding hydrogens is 284 g/mol. The van der Waals surface area contributed by atoms with Gasteiger partial charge in [-0.05, 0) is 52.9 Å². The predicted octanol–water partition coefficient (Wildman–Crippen LogP) is 2.76. The van der Waals surface area contributed by atoms with Gasteiger partial charge in [0.15, 0.2) is 0 Å². The van der Waals surface area contributed by atoms with Gasteiger partial charge in [-0.15, -0.1) is 0 Å². The Bertz CT molecular complexity index is 438. The smallest absolute Gasteiger partial charge is 0.410 e. The lowest BCUT2D eigenvalue weighted by atomic mass is 10.0. The number of nitrogens with zero attached hydrogens (tertiary/aromatic N) is 2. The summed E-state index contributed by atoms with van der Waals surface area (Å²) in [7, 11) is 0. The third-order valence-corrected chi connectivity index (χ3v) is 4.67. The molecule has 2 amide bonds. The van der Waals surface area contributed by atoms with Gasteiger partial charge in [-0.25, -0.2) is 9.59 Å². The molecule has 2 unspecified atom stereocenters. The van der Waals surface area contributed by atoms with Crippen LogP contribution in [0.1, 0.15) is 52.9 Å². The number of ether oxygens (including phenoxy) is 2. The fourth-order valence-corrected chi connectivity index (χ4v) is 3.61. The molecule has 0 aromatic heterocycles. The molecule has 3 rings (SSSR count). The first-order chi connectivity index (χ1) is 10.3. The van der Waals surface area contributed by atoms with Crippen LogP contribution in [0.4, 0.5) is 9.59 Å². The summed E-state index contributed by atoms with van der Waals surface area (Å²) in [5.41, 5.74) is -0.494. The lowest BCUT2D eigenvalue weighted by molar-refractivity contribution is -0.0482. The molecule has 2 atom stereocenters. The number of piperidine rings is 1.